The Morgan fingerprint density at radius 1 is 1.53 bits per heavy atom. The molecule has 0 bridgehead atoms. The molecule has 3 nitrogen and oxygen atoms in total. The van der Waals surface area contributed by atoms with Crippen molar-refractivity contribution in [2.75, 3.05) is 13.2 Å². The number of benzene rings is 1. The van der Waals surface area contributed by atoms with Gasteiger partial charge in [0.15, 0.2) is 5.78 Å². The second kappa shape index (κ2) is 7.04. The van der Waals surface area contributed by atoms with Gasteiger partial charge >= 0.3 is 0 Å². The van der Waals surface area contributed by atoms with Crippen molar-refractivity contribution in [2.24, 2.45) is 0 Å². The van der Waals surface area contributed by atoms with Gasteiger partial charge in [-0.2, -0.15) is 0 Å². The predicted octanol–water partition coefficient (Wildman–Crippen LogP) is 3.50. The van der Waals surface area contributed by atoms with E-state index in [-0.39, 0.29) is 11.9 Å². The van der Waals surface area contributed by atoms with Crippen LogP contribution >= 0.6 is 11.6 Å². The van der Waals surface area contributed by atoms with Crippen molar-refractivity contribution in [1.29, 1.82) is 0 Å². The van der Waals surface area contributed by atoms with Gasteiger partial charge in [-0.25, -0.2) is 0 Å². The summed E-state index contributed by atoms with van der Waals surface area (Å²) in [5, 5.41) is 0.564. The van der Waals surface area contributed by atoms with Crippen LogP contribution in [0.4, 0.5) is 0 Å². The van der Waals surface area contributed by atoms with E-state index in [1.54, 1.807) is 31.2 Å². The van der Waals surface area contributed by atoms with Crippen LogP contribution in [0.5, 0.6) is 0 Å². The van der Waals surface area contributed by atoms with Crippen molar-refractivity contribution in [2.45, 2.75) is 38.4 Å². The lowest BCUT2D eigenvalue weighted by atomic mass is 10.1. The quantitative estimate of drug-likeness (QED) is 0.776. The fourth-order valence-electron chi connectivity index (χ4n) is 2.14. The van der Waals surface area contributed by atoms with Crippen LogP contribution in [-0.4, -0.2) is 31.2 Å². The lowest BCUT2D eigenvalue weighted by Gasteiger charge is -2.23. The molecule has 1 heterocycles. The number of hydrogen-bond donors (Lipinski definition) is 0. The number of ketones is 1. The third-order valence-corrected chi connectivity index (χ3v) is 3.52. The van der Waals surface area contributed by atoms with Gasteiger partial charge in [-0.1, -0.05) is 23.7 Å². The standard InChI is InChI=1S/C15H19ClO3/c1-11(19-10-14-7-2-3-8-18-14)15(17)12-5-4-6-13(16)9-12/h4-6,9,11,14H,2-3,7-8,10H2,1H3. The number of carbonyl (C=O) groups excluding carboxylic acids is 1. The zero-order valence-corrected chi connectivity index (χ0v) is 11.9. The molecular weight excluding hydrogens is 264 g/mol. The molecule has 1 saturated heterocycles. The monoisotopic (exact) mass is 282 g/mol. The minimum Gasteiger partial charge on any atom is -0.376 e. The van der Waals surface area contributed by atoms with E-state index in [1.165, 1.54) is 6.42 Å². The molecule has 1 fully saturated rings. The molecular formula is C15H19ClO3. The Morgan fingerprint density at radius 2 is 2.37 bits per heavy atom. The molecule has 2 rings (SSSR count). The summed E-state index contributed by atoms with van der Waals surface area (Å²) in [6.07, 6.45) is 2.96. The van der Waals surface area contributed by atoms with Crippen LogP contribution in [0.1, 0.15) is 36.5 Å². The molecule has 0 saturated carbocycles. The van der Waals surface area contributed by atoms with Crippen LogP contribution in [0.3, 0.4) is 0 Å². The van der Waals surface area contributed by atoms with Crippen LogP contribution in [-0.2, 0) is 9.47 Å². The highest BCUT2D eigenvalue weighted by atomic mass is 35.5. The van der Waals surface area contributed by atoms with Gasteiger partial charge in [0, 0.05) is 17.2 Å². The number of halogens is 1. The maximum Gasteiger partial charge on any atom is 0.191 e. The molecule has 0 amide bonds. The fraction of sp³-hybridized carbons (Fsp3) is 0.533. The SMILES string of the molecule is CC(OCC1CCCCO1)C(=O)c1cccc(Cl)c1. The Balaban J connectivity index is 1.85. The topological polar surface area (TPSA) is 35.5 Å². The molecule has 0 radical (unpaired) electrons. The van der Waals surface area contributed by atoms with Crippen molar-refractivity contribution in [3.8, 4) is 0 Å². The summed E-state index contributed by atoms with van der Waals surface area (Å²) >= 11 is 5.88. The van der Waals surface area contributed by atoms with Crippen LogP contribution in [0.15, 0.2) is 24.3 Å². The molecule has 1 aliphatic heterocycles. The largest absolute Gasteiger partial charge is 0.376 e. The predicted molar refractivity (Wildman–Crippen MR) is 74.8 cm³/mol. The van der Waals surface area contributed by atoms with Crippen molar-refractivity contribution < 1.29 is 14.3 Å². The van der Waals surface area contributed by atoms with Gasteiger partial charge in [-0.05, 0) is 38.3 Å². The molecule has 2 unspecified atom stereocenters. The third kappa shape index (κ3) is 4.30. The zero-order valence-electron chi connectivity index (χ0n) is 11.1. The summed E-state index contributed by atoms with van der Waals surface area (Å²) < 4.78 is 11.2. The van der Waals surface area contributed by atoms with Crippen molar-refractivity contribution in [3.05, 3.63) is 34.9 Å². The number of Topliss-reactive ketones (excluding diaryl/α,β-unsaturated/α-hetero) is 1. The Morgan fingerprint density at radius 3 is 3.05 bits per heavy atom. The zero-order chi connectivity index (χ0) is 13.7. The molecule has 0 aromatic heterocycles. The number of carbonyl (C=O) groups is 1. The number of rotatable bonds is 5. The van der Waals surface area contributed by atoms with Gasteiger partial charge in [0.2, 0.25) is 0 Å². The van der Waals surface area contributed by atoms with Crippen LogP contribution in [0.2, 0.25) is 5.02 Å². The maximum atomic E-state index is 12.1. The molecule has 0 aliphatic carbocycles. The molecule has 1 aromatic rings. The molecule has 1 aliphatic rings. The smallest absolute Gasteiger partial charge is 0.191 e. The summed E-state index contributed by atoms with van der Waals surface area (Å²) in [6.45, 7) is 3.05. The summed E-state index contributed by atoms with van der Waals surface area (Å²) in [6, 6.07) is 6.94. The average Bonchev–Trinajstić information content (AvgIpc) is 2.45. The van der Waals surface area contributed by atoms with Crippen LogP contribution < -0.4 is 0 Å². The molecule has 0 N–H and O–H groups in total. The van der Waals surface area contributed by atoms with Crippen LogP contribution in [0, 0.1) is 0 Å². The highest BCUT2D eigenvalue weighted by molar-refractivity contribution is 6.31. The molecule has 104 valence electrons. The first-order valence-corrected chi connectivity index (χ1v) is 7.07. The van der Waals surface area contributed by atoms with E-state index >= 15 is 0 Å². The molecule has 1 aromatic carbocycles. The average molecular weight is 283 g/mol. The minimum absolute atomic E-state index is 0.0432. The minimum atomic E-state index is -0.469. The Bertz CT molecular complexity index is 427. The van der Waals surface area contributed by atoms with Crippen LogP contribution in [0.25, 0.3) is 0 Å². The summed E-state index contributed by atoms with van der Waals surface area (Å²) in [5.41, 5.74) is 0.588. The van der Waals surface area contributed by atoms with E-state index in [4.69, 9.17) is 21.1 Å². The first-order chi connectivity index (χ1) is 9.16. The van der Waals surface area contributed by atoms with E-state index in [0.29, 0.717) is 17.2 Å². The van der Waals surface area contributed by atoms with E-state index in [0.717, 1.165) is 19.4 Å². The second-order valence-corrected chi connectivity index (χ2v) is 5.28. The second-order valence-electron chi connectivity index (χ2n) is 4.84. The maximum absolute atomic E-state index is 12.1. The summed E-state index contributed by atoms with van der Waals surface area (Å²) in [5.74, 6) is -0.0432. The Labute approximate surface area is 118 Å². The highest BCUT2D eigenvalue weighted by Gasteiger charge is 2.20. The van der Waals surface area contributed by atoms with Gasteiger partial charge in [0.25, 0.3) is 0 Å². The number of hydrogen-bond acceptors (Lipinski definition) is 3. The lowest BCUT2D eigenvalue weighted by molar-refractivity contribution is -0.0526. The molecule has 2 atom stereocenters. The first kappa shape index (κ1) is 14.5. The van der Waals surface area contributed by atoms with E-state index < -0.39 is 6.10 Å². The van der Waals surface area contributed by atoms with Gasteiger partial charge in [0.05, 0.1) is 12.7 Å². The van der Waals surface area contributed by atoms with Crippen molar-refractivity contribution >= 4 is 17.4 Å². The summed E-state index contributed by atoms with van der Waals surface area (Å²) in [4.78, 5) is 12.1. The molecule has 4 heteroatoms. The Hall–Kier alpha value is -0.900. The number of ether oxygens (including phenoxy) is 2. The van der Waals surface area contributed by atoms with Crippen molar-refractivity contribution in [1.82, 2.24) is 0 Å². The van der Waals surface area contributed by atoms with E-state index in [2.05, 4.69) is 0 Å². The van der Waals surface area contributed by atoms with E-state index in [1.807, 2.05) is 0 Å². The molecule has 19 heavy (non-hydrogen) atoms. The highest BCUT2D eigenvalue weighted by Crippen LogP contribution is 2.16. The lowest BCUT2D eigenvalue weighted by Crippen LogP contribution is -2.29. The van der Waals surface area contributed by atoms with E-state index in [9.17, 15) is 4.79 Å². The van der Waals surface area contributed by atoms with Gasteiger partial charge in [-0.3, -0.25) is 4.79 Å². The molecule has 0 spiro atoms. The van der Waals surface area contributed by atoms with Gasteiger partial charge in [0.1, 0.15) is 6.10 Å². The first-order valence-electron chi connectivity index (χ1n) is 6.70. The normalized spacial score (nSPS) is 21.1. The summed E-state index contributed by atoms with van der Waals surface area (Å²) in [7, 11) is 0. The van der Waals surface area contributed by atoms with Crippen molar-refractivity contribution in [3.63, 3.8) is 0 Å². The van der Waals surface area contributed by atoms with Gasteiger partial charge in [-0.15, -0.1) is 0 Å². The Kier molecular flexibility index (Phi) is 5.37. The fourth-order valence-corrected chi connectivity index (χ4v) is 2.33. The van der Waals surface area contributed by atoms with Gasteiger partial charge < -0.3 is 9.47 Å². The third-order valence-electron chi connectivity index (χ3n) is 3.28.